The van der Waals surface area contributed by atoms with Crippen LogP contribution in [0, 0.1) is 6.92 Å². The zero-order chi connectivity index (χ0) is 20.9. The fourth-order valence-electron chi connectivity index (χ4n) is 2.76. The van der Waals surface area contributed by atoms with E-state index in [0.717, 1.165) is 18.2 Å². The van der Waals surface area contributed by atoms with Crippen molar-refractivity contribution >= 4 is 36.7 Å². The third-order valence-corrected chi connectivity index (χ3v) is 6.34. The number of aromatic nitrogens is 1. The van der Waals surface area contributed by atoms with Crippen LogP contribution in [0.25, 0.3) is 22.2 Å². The summed E-state index contributed by atoms with van der Waals surface area (Å²) in [5.41, 5.74) is -2.05. The van der Waals surface area contributed by atoms with Crippen molar-refractivity contribution in [3.8, 4) is 11.3 Å². The number of rotatable bonds is 3. The zero-order valence-electron chi connectivity index (χ0n) is 14.6. The number of fused-ring (bicyclic) bond motifs is 1. The van der Waals surface area contributed by atoms with Gasteiger partial charge in [-0.15, -0.1) is 0 Å². The van der Waals surface area contributed by atoms with E-state index in [-0.39, 0.29) is 38.6 Å². The molecule has 0 aliphatic carbocycles. The first-order valence-corrected chi connectivity index (χ1v) is 10.4. The Bertz CT molecular complexity index is 1250. The van der Waals surface area contributed by atoms with Crippen LogP contribution >= 0.6 is 15.9 Å². The molecule has 2 aromatic heterocycles. The molecule has 28 heavy (non-hydrogen) atoms. The van der Waals surface area contributed by atoms with E-state index in [2.05, 4.69) is 20.9 Å². The molecule has 0 atom stereocenters. The molecule has 0 radical (unpaired) electrons. The molecule has 0 N–H and O–H groups in total. The highest BCUT2D eigenvalue weighted by Gasteiger charge is 2.31. The molecule has 1 aromatic carbocycles. The van der Waals surface area contributed by atoms with E-state index in [1.165, 1.54) is 26.1 Å². The lowest BCUT2D eigenvalue weighted by Crippen LogP contribution is -2.14. The SMILES string of the molecule is CCS(=O)(=O)c1cc(Br)cnc1-c1c(C)oc2cc(C(F)(F)F)ccc2c1=O. The molecule has 0 fully saturated rings. The predicted octanol–water partition coefficient (Wildman–Crippen LogP) is 4.74. The molecule has 2 heterocycles. The summed E-state index contributed by atoms with van der Waals surface area (Å²) < 4.78 is 69.6. The fraction of sp³-hybridized carbons (Fsp3) is 0.222. The summed E-state index contributed by atoms with van der Waals surface area (Å²) in [7, 11) is -3.73. The number of sulfone groups is 1. The predicted molar refractivity (Wildman–Crippen MR) is 101 cm³/mol. The lowest BCUT2D eigenvalue weighted by molar-refractivity contribution is -0.137. The average Bonchev–Trinajstić information content (AvgIpc) is 2.61. The molecule has 0 saturated carbocycles. The van der Waals surface area contributed by atoms with E-state index in [1.54, 1.807) is 0 Å². The number of alkyl halides is 3. The Kier molecular flexibility index (Phi) is 5.13. The molecule has 5 nitrogen and oxygen atoms in total. The van der Waals surface area contributed by atoms with Gasteiger partial charge >= 0.3 is 6.18 Å². The molecule has 0 spiro atoms. The minimum Gasteiger partial charge on any atom is -0.460 e. The Hall–Kier alpha value is -2.20. The van der Waals surface area contributed by atoms with Crippen LogP contribution in [-0.2, 0) is 16.0 Å². The number of hydrogen-bond donors (Lipinski definition) is 0. The first kappa shape index (κ1) is 20.5. The zero-order valence-corrected chi connectivity index (χ0v) is 17.0. The number of halogens is 4. The van der Waals surface area contributed by atoms with Gasteiger partial charge in [0.1, 0.15) is 11.3 Å². The highest BCUT2D eigenvalue weighted by Crippen LogP contribution is 2.33. The molecule has 3 aromatic rings. The van der Waals surface area contributed by atoms with Gasteiger partial charge in [0.05, 0.1) is 32.9 Å². The Labute approximate surface area is 166 Å². The number of pyridine rings is 1. The number of benzene rings is 1. The molecular weight excluding hydrogens is 463 g/mol. The van der Waals surface area contributed by atoms with Crippen molar-refractivity contribution in [2.45, 2.75) is 24.9 Å². The highest BCUT2D eigenvalue weighted by atomic mass is 79.9. The summed E-state index contributed by atoms with van der Waals surface area (Å²) in [5.74, 6) is -0.246. The third kappa shape index (κ3) is 3.58. The van der Waals surface area contributed by atoms with Crippen molar-refractivity contribution < 1.29 is 26.0 Å². The Balaban J connectivity index is 2.36. The van der Waals surface area contributed by atoms with Gasteiger partial charge in [0.2, 0.25) is 5.43 Å². The van der Waals surface area contributed by atoms with Gasteiger partial charge in [-0.3, -0.25) is 9.78 Å². The van der Waals surface area contributed by atoms with Gasteiger partial charge in [0.25, 0.3) is 0 Å². The topological polar surface area (TPSA) is 77.2 Å². The molecule has 148 valence electrons. The van der Waals surface area contributed by atoms with Crippen LogP contribution < -0.4 is 5.43 Å². The number of aryl methyl sites for hydroxylation is 1. The van der Waals surface area contributed by atoms with Crippen molar-refractivity contribution in [2.24, 2.45) is 0 Å². The Morgan fingerprint density at radius 1 is 1.21 bits per heavy atom. The minimum atomic E-state index is -4.59. The number of nitrogens with zero attached hydrogens (tertiary/aromatic N) is 1. The van der Waals surface area contributed by atoms with Crippen molar-refractivity contribution in [2.75, 3.05) is 5.75 Å². The van der Waals surface area contributed by atoms with Gasteiger partial charge in [-0.2, -0.15) is 13.2 Å². The Morgan fingerprint density at radius 2 is 1.89 bits per heavy atom. The lowest BCUT2D eigenvalue weighted by Gasteiger charge is -2.12. The van der Waals surface area contributed by atoms with Gasteiger partial charge in [-0.25, -0.2) is 8.42 Å². The van der Waals surface area contributed by atoms with E-state index in [1.807, 2.05) is 0 Å². The van der Waals surface area contributed by atoms with Gasteiger partial charge in [0.15, 0.2) is 9.84 Å². The maximum absolute atomic E-state index is 13.0. The standard InChI is InChI=1S/C18H13BrF3NO4S/c1-3-28(25,26)14-7-11(19)8-23-16(14)15-9(2)27-13-6-10(18(20,21)22)4-5-12(13)17(15)24/h4-8H,3H2,1-2H3. The quantitative estimate of drug-likeness (QED) is 0.546. The van der Waals surface area contributed by atoms with Crippen LogP contribution in [0.3, 0.4) is 0 Å². The monoisotopic (exact) mass is 475 g/mol. The van der Waals surface area contributed by atoms with Crippen molar-refractivity contribution in [3.63, 3.8) is 0 Å². The molecule has 0 unspecified atom stereocenters. The second-order valence-electron chi connectivity index (χ2n) is 5.97. The molecule has 0 saturated heterocycles. The van der Waals surface area contributed by atoms with Crippen LogP contribution in [0.1, 0.15) is 18.2 Å². The van der Waals surface area contributed by atoms with Crippen LogP contribution in [0.2, 0.25) is 0 Å². The van der Waals surface area contributed by atoms with Crippen molar-refractivity contribution in [3.05, 3.63) is 56.5 Å². The molecule has 0 aliphatic heterocycles. The summed E-state index contributed by atoms with van der Waals surface area (Å²) in [5, 5.41) is -0.0989. The second kappa shape index (κ2) is 7.00. The maximum Gasteiger partial charge on any atom is 0.416 e. The van der Waals surface area contributed by atoms with Crippen LogP contribution in [0.4, 0.5) is 13.2 Å². The lowest BCUT2D eigenvalue weighted by atomic mass is 10.1. The third-order valence-electron chi connectivity index (χ3n) is 4.17. The second-order valence-corrected chi connectivity index (χ2v) is 9.14. The van der Waals surface area contributed by atoms with Gasteiger partial charge in [0, 0.05) is 10.7 Å². The maximum atomic E-state index is 13.0. The average molecular weight is 476 g/mol. The van der Waals surface area contributed by atoms with E-state index in [0.29, 0.717) is 4.47 Å². The van der Waals surface area contributed by atoms with Crippen molar-refractivity contribution in [1.82, 2.24) is 4.98 Å². The summed E-state index contributed by atoms with van der Waals surface area (Å²) >= 11 is 3.16. The molecular formula is C18H13BrF3NO4S. The van der Waals surface area contributed by atoms with Crippen molar-refractivity contribution in [1.29, 1.82) is 0 Å². The Morgan fingerprint density at radius 3 is 2.50 bits per heavy atom. The van der Waals surface area contributed by atoms with Crippen LogP contribution in [-0.4, -0.2) is 19.2 Å². The molecule has 0 amide bonds. The molecule has 0 bridgehead atoms. The fourth-order valence-corrected chi connectivity index (χ4v) is 4.31. The van der Waals surface area contributed by atoms with Gasteiger partial charge in [-0.05, 0) is 47.1 Å². The molecule has 10 heteroatoms. The molecule has 3 rings (SSSR count). The molecule has 0 aliphatic rings. The number of hydrogen-bond acceptors (Lipinski definition) is 5. The first-order valence-electron chi connectivity index (χ1n) is 7.99. The van der Waals surface area contributed by atoms with Gasteiger partial charge < -0.3 is 4.42 Å². The largest absolute Gasteiger partial charge is 0.460 e. The summed E-state index contributed by atoms with van der Waals surface area (Å²) in [6.45, 7) is 2.83. The van der Waals surface area contributed by atoms with E-state index in [4.69, 9.17) is 4.42 Å². The normalized spacial score (nSPS) is 12.5. The van der Waals surface area contributed by atoms with Crippen LogP contribution in [0.15, 0.2) is 49.0 Å². The minimum absolute atomic E-state index is 0.0285. The smallest absolute Gasteiger partial charge is 0.416 e. The van der Waals surface area contributed by atoms with Crippen LogP contribution in [0.5, 0.6) is 0 Å². The van der Waals surface area contributed by atoms with E-state index in [9.17, 15) is 26.4 Å². The highest BCUT2D eigenvalue weighted by molar-refractivity contribution is 9.10. The first-order chi connectivity index (χ1) is 13.0. The van der Waals surface area contributed by atoms with E-state index >= 15 is 0 Å². The summed E-state index contributed by atoms with van der Waals surface area (Å²) in [6.07, 6.45) is -3.26. The van der Waals surface area contributed by atoms with E-state index < -0.39 is 27.0 Å². The van der Waals surface area contributed by atoms with Gasteiger partial charge in [-0.1, -0.05) is 6.92 Å². The summed E-state index contributed by atoms with van der Waals surface area (Å²) in [6, 6.07) is 3.86. The summed E-state index contributed by atoms with van der Waals surface area (Å²) in [4.78, 5) is 16.9.